The van der Waals surface area contributed by atoms with Crippen molar-refractivity contribution in [2.75, 3.05) is 26.4 Å². The molecular formula is C25H28O14. The van der Waals surface area contributed by atoms with Crippen LogP contribution in [0.15, 0.2) is 48.5 Å². The van der Waals surface area contributed by atoms with Crippen molar-refractivity contribution in [2.45, 2.75) is 33.1 Å². The summed E-state index contributed by atoms with van der Waals surface area (Å²) in [5, 5.41) is 8.31. The number of hydrogen-bond acceptors (Lipinski definition) is 14. The number of rotatable bonds is 16. The van der Waals surface area contributed by atoms with Gasteiger partial charge in [0.1, 0.15) is 22.6 Å². The third kappa shape index (κ3) is 11.6. The maximum atomic E-state index is 12.0. The Hall–Kier alpha value is -4.56. The Morgan fingerprint density at radius 2 is 0.974 bits per heavy atom. The van der Waals surface area contributed by atoms with E-state index in [9.17, 15) is 19.2 Å². The molecule has 0 bridgehead atoms. The van der Waals surface area contributed by atoms with Gasteiger partial charge in [0.15, 0.2) is 0 Å². The summed E-state index contributed by atoms with van der Waals surface area (Å²) in [5.41, 5.74) is 0.163. The zero-order valence-corrected chi connectivity index (χ0v) is 21.3. The third-order valence-electron chi connectivity index (χ3n) is 4.47. The van der Waals surface area contributed by atoms with Crippen molar-refractivity contribution in [3.63, 3.8) is 0 Å². The van der Waals surface area contributed by atoms with Gasteiger partial charge in [-0.15, -0.1) is 0 Å². The Morgan fingerprint density at radius 1 is 0.564 bits per heavy atom. The van der Waals surface area contributed by atoms with Gasteiger partial charge in [-0.1, -0.05) is 24.3 Å². The average Bonchev–Trinajstić information content (AvgIpc) is 2.93. The minimum atomic E-state index is -1.23. The summed E-state index contributed by atoms with van der Waals surface area (Å²) in [4.78, 5) is 64.1. The number of carbonyl (C=O) groups is 4. The van der Waals surface area contributed by atoms with E-state index in [2.05, 4.69) is 29.6 Å². The van der Waals surface area contributed by atoms with Crippen LogP contribution in [-0.4, -0.2) is 50.7 Å². The van der Waals surface area contributed by atoms with Crippen LogP contribution in [-0.2, 0) is 39.1 Å². The predicted octanol–water partition coefficient (Wildman–Crippen LogP) is 4.67. The smallest absolute Gasteiger partial charge is 0.493 e. The minimum absolute atomic E-state index is 0.0456. The largest absolute Gasteiger partial charge is 0.543 e. The van der Waals surface area contributed by atoms with E-state index < -0.39 is 24.2 Å². The molecule has 0 aliphatic carbocycles. The zero-order valence-electron chi connectivity index (χ0n) is 21.3. The third-order valence-corrected chi connectivity index (χ3v) is 4.47. The molecule has 0 saturated heterocycles. The highest BCUT2D eigenvalue weighted by molar-refractivity contribution is 5.92. The highest BCUT2D eigenvalue weighted by atomic mass is 17.5. The SMILES string of the molecule is CCOc1ccccc1C(=O)OOOC(=O)OCCCCCOC(=O)OOOC(=O)c1ccccc1OCC. The van der Waals surface area contributed by atoms with E-state index in [0.717, 1.165) is 0 Å². The van der Waals surface area contributed by atoms with Crippen LogP contribution in [0.3, 0.4) is 0 Å². The molecular weight excluding hydrogens is 524 g/mol. The fraction of sp³-hybridized carbons (Fsp3) is 0.360. The predicted molar refractivity (Wildman–Crippen MR) is 127 cm³/mol. The summed E-state index contributed by atoms with van der Waals surface area (Å²) >= 11 is 0. The molecule has 0 atom stereocenters. The molecule has 0 aliphatic rings. The van der Waals surface area contributed by atoms with Gasteiger partial charge in [0.25, 0.3) is 0 Å². The van der Waals surface area contributed by atoms with Gasteiger partial charge in [-0.2, -0.15) is 0 Å². The number of ether oxygens (including phenoxy) is 4. The Morgan fingerprint density at radius 3 is 1.38 bits per heavy atom. The van der Waals surface area contributed by atoms with E-state index in [4.69, 9.17) is 18.9 Å². The minimum Gasteiger partial charge on any atom is -0.493 e. The number of hydrogen-bond donors (Lipinski definition) is 0. The molecule has 0 heterocycles. The molecule has 0 unspecified atom stereocenters. The summed E-state index contributed by atoms with van der Waals surface area (Å²) in [6.45, 7) is 4.08. The molecule has 0 fully saturated rings. The first-order valence-corrected chi connectivity index (χ1v) is 11.8. The molecule has 14 nitrogen and oxygen atoms in total. The van der Waals surface area contributed by atoms with Crippen molar-refractivity contribution in [3.8, 4) is 11.5 Å². The first-order valence-electron chi connectivity index (χ1n) is 11.8. The van der Waals surface area contributed by atoms with E-state index in [1.165, 1.54) is 12.1 Å². The van der Waals surface area contributed by atoms with Crippen molar-refractivity contribution >= 4 is 24.2 Å². The highest BCUT2D eigenvalue weighted by Gasteiger charge is 2.18. The quantitative estimate of drug-likeness (QED) is 0.122. The Kier molecular flexibility index (Phi) is 14.0. The molecule has 14 heteroatoms. The lowest BCUT2D eigenvalue weighted by atomic mass is 10.2. The zero-order chi connectivity index (χ0) is 28.3. The van der Waals surface area contributed by atoms with E-state index in [1.807, 2.05) is 0 Å². The average molecular weight is 552 g/mol. The molecule has 2 aromatic rings. The van der Waals surface area contributed by atoms with Crippen LogP contribution in [0.2, 0.25) is 0 Å². The van der Waals surface area contributed by atoms with Crippen LogP contribution < -0.4 is 9.47 Å². The van der Waals surface area contributed by atoms with Crippen molar-refractivity contribution in [2.24, 2.45) is 0 Å². The monoisotopic (exact) mass is 552 g/mol. The molecule has 0 spiro atoms. The van der Waals surface area contributed by atoms with Crippen LogP contribution in [0.5, 0.6) is 11.5 Å². The maximum Gasteiger partial charge on any atom is 0.543 e. The van der Waals surface area contributed by atoms with E-state index in [-0.39, 0.29) is 35.8 Å². The van der Waals surface area contributed by atoms with Crippen LogP contribution in [0.4, 0.5) is 9.59 Å². The molecule has 0 aromatic heterocycles. The molecule has 0 saturated carbocycles. The molecule has 212 valence electrons. The Labute approximate surface area is 223 Å². The summed E-state index contributed by atoms with van der Waals surface area (Å²) in [7, 11) is 0. The summed E-state index contributed by atoms with van der Waals surface area (Å²) in [6.07, 6.45) is -1.17. The van der Waals surface area contributed by atoms with Gasteiger partial charge in [0, 0.05) is 0 Å². The number of benzene rings is 2. The molecule has 0 amide bonds. The molecule has 0 N–H and O–H groups in total. The standard InChI is InChI=1S/C25H28O14/c1-3-30-20-14-8-6-12-18(20)22(26)34-38-36-24(28)32-16-10-5-11-17-33-25(29)37-39-35-23(27)19-13-7-9-15-21(19)31-4-2/h6-9,12-15H,3-5,10-11,16-17H2,1-2H3. The lowest BCUT2D eigenvalue weighted by Gasteiger charge is -2.08. The highest BCUT2D eigenvalue weighted by Crippen LogP contribution is 2.20. The van der Waals surface area contributed by atoms with Crippen molar-refractivity contribution in [1.82, 2.24) is 0 Å². The Balaban J connectivity index is 1.49. The second-order valence-corrected chi connectivity index (χ2v) is 7.16. The topological polar surface area (TPSA) is 161 Å². The second-order valence-electron chi connectivity index (χ2n) is 7.16. The van der Waals surface area contributed by atoms with Gasteiger partial charge >= 0.3 is 24.2 Å². The maximum absolute atomic E-state index is 12.0. The van der Waals surface area contributed by atoms with Crippen LogP contribution in [0, 0.1) is 0 Å². The van der Waals surface area contributed by atoms with Gasteiger partial charge in [0.2, 0.25) is 0 Å². The first kappa shape index (κ1) is 30.7. The molecule has 39 heavy (non-hydrogen) atoms. The van der Waals surface area contributed by atoms with Gasteiger partial charge in [-0.05, 0) is 57.4 Å². The fourth-order valence-corrected chi connectivity index (χ4v) is 2.81. The van der Waals surface area contributed by atoms with E-state index in [0.29, 0.717) is 32.5 Å². The Bertz CT molecular complexity index is 987. The molecule has 2 aromatic carbocycles. The molecule has 2 rings (SSSR count). The van der Waals surface area contributed by atoms with Gasteiger partial charge in [-0.25, -0.2) is 29.0 Å². The van der Waals surface area contributed by atoms with Gasteiger partial charge < -0.3 is 18.9 Å². The molecule has 0 aliphatic heterocycles. The lowest BCUT2D eigenvalue weighted by molar-refractivity contribution is -0.452. The molecule has 0 radical (unpaired) electrons. The number of unbranched alkanes of at least 4 members (excludes halogenated alkanes) is 2. The number of carbonyl (C=O) groups excluding carboxylic acids is 4. The van der Waals surface area contributed by atoms with Crippen LogP contribution >= 0.6 is 0 Å². The summed E-state index contributed by atoms with van der Waals surface area (Å²) in [6, 6.07) is 12.6. The fourth-order valence-electron chi connectivity index (χ4n) is 2.81. The first-order chi connectivity index (χ1) is 19.0. The van der Waals surface area contributed by atoms with Crippen LogP contribution in [0.1, 0.15) is 53.8 Å². The van der Waals surface area contributed by atoms with E-state index in [1.54, 1.807) is 50.2 Å². The summed E-state index contributed by atoms with van der Waals surface area (Å²) in [5.74, 6) is -1.30. The second kappa shape index (κ2) is 17.8. The van der Waals surface area contributed by atoms with Gasteiger partial charge in [0.05, 0.1) is 36.5 Å². The number of para-hydroxylation sites is 2. The lowest BCUT2D eigenvalue weighted by Crippen LogP contribution is -2.14. The van der Waals surface area contributed by atoms with Crippen molar-refractivity contribution in [3.05, 3.63) is 59.7 Å². The van der Waals surface area contributed by atoms with Crippen LogP contribution in [0.25, 0.3) is 0 Å². The summed E-state index contributed by atoms with van der Waals surface area (Å²) < 4.78 is 20.1. The van der Waals surface area contributed by atoms with Gasteiger partial charge in [-0.3, -0.25) is 9.78 Å². The van der Waals surface area contributed by atoms with Crippen molar-refractivity contribution in [1.29, 1.82) is 0 Å². The normalized spacial score (nSPS) is 10.1. The van der Waals surface area contributed by atoms with Crippen molar-refractivity contribution < 1.29 is 67.8 Å². The van der Waals surface area contributed by atoms with E-state index >= 15 is 0 Å².